The second kappa shape index (κ2) is 5.30. The number of pyridine rings is 1. The molecule has 2 N–H and O–H groups in total. The van der Waals surface area contributed by atoms with Crippen molar-refractivity contribution in [2.45, 2.75) is 6.54 Å². The van der Waals surface area contributed by atoms with Crippen LogP contribution in [-0.2, 0) is 6.54 Å². The maximum absolute atomic E-state index is 13.3. The lowest BCUT2D eigenvalue weighted by molar-refractivity contribution is 0.0660. The van der Waals surface area contributed by atoms with Gasteiger partial charge in [0.25, 0.3) is 5.91 Å². The van der Waals surface area contributed by atoms with Crippen LogP contribution in [0.25, 0.3) is 0 Å². The minimum Gasteiger partial charge on any atom is -0.475 e. The van der Waals surface area contributed by atoms with E-state index >= 15 is 0 Å². The van der Waals surface area contributed by atoms with Crippen LogP contribution in [0, 0.1) is 5.82 Å². The fourth-order valence-electron chi connectivity index (χ4n) is 1.41. The summed E-state index contributed by atoms with van der Waals surface area (Å²) >= 11 is 0. The second-order valence-electron chi connectivity index (χ2n) is 3.61. The molecule has 1 amide bonds. The quantitative estimate of drug-likeness (QED) is 0.871. The summed E-state index contributed by atoms with van der Waals surface area (Å²) in [6, 6.07) is 3.94. The lowest BCUT2D eigenvalue weighted by Gasteiger charge is -2.03. The van der Waals surface area contributed by atoms with Crippen LogP contribution in [-0.4, -0.2) is 22.0 Å². The number of hydrogen-bond acceptors (Lipinski definition) is 4. The Kier molecular flexibility index (Phi) is 3.56. The maximum Gasteiger partial charge on any atom is 0.371 e. The minimum atomic E-state index is -1.20. The average molecular weight is 264 g/mol. The molecule has 7 heteroatoms. The van der Waals surface area contributed by atoms with E-state index in [4.69, 9.17) is 9.52 Å². The Bertz CT molecular complexity index is 624. The predicted molar refractivity (Wildman–Crippen MR) is 61.0 cm³/mol. The van der Waals surface area contributed by atoms with Gasteiger partial charge in [0.2, 0.25) is 5.76 Å². The van der Waals surface area contributed by atoms with Crippen LogP contribution in [0.1, 0.15) is 26.7 Å². The fourth-order valence-corrected chi connectivity index (χ4v) is 1.41. The summed E-state index contributed by atoms with van der Waals surface area (Å²) in [5.41, 5.74) is -0.139. The van der Waals surface area contributed by atoms with Crippen molar-refractivity contribution in [2.24, 2.45) is 0 Å². The highest BCUT2D eigenvalue weighted by molar-refractivity contribution is 5.94. The highest BCUT2D eigenvalue weighted by atomic mass is 19.1. The fraction of sp³-hybridized carbons (Fsp3) is 0.0833. The van der Waals surface area contributed by atoms with E-state index in [0.29, 0.717) is 0 Å². The van der Waals surface area contributed by atoms with Gasteiger partial charge in [0, 0.05) is 6.20 Å². The van der Waals surface area contributed by atoms with Crippen LogP contribution in [0.4, 0.5) is 4.39 Å². The standard InChI is InChI=1S/C12H9FN2O4/c13-9-6-14-4-3-8(9)11(16)15-5-7-1-2-10(19-7)12(17)18/h1-4,6H,5H2,(H,15,16)(H,17,18). The van der Waals surface area contributed by atoms with Crippen molar-refractivity contribution >= 4 is 11.9 Å². The first-order valence-corrected chi connectivity index (χ1v) is 5.27. The third-order valence-electron chi connectivity index (χ3n) is 2.31. The summed E-state index contributed by atoms with van der Waals surface area (Å²) in [6.07, 6.45) is 2.23. The van der Waals surface area contributed by atoms with Crippen molar-refractivity contribution in [3.63, 3.8) is 0 Å². The lowest BCUT2D eigenvalue weighted by Crippen LogP contribution is -2.23. The van der Waals surface area contributed by atoms with Gasteiger partial charge in [-0.25, -0.2) is 9.18 Å². The first-order valence-electron chi connectivity index (χ1n) is 5.27. The molecule has 0 atom stereocenters. The molecule has 0 fully saturated rings. The zero-order chi connectivity index (χ0) is 13.8. The number of halogens is 1. The van der Waals surface area contributed by atoms with Crippen molar-refractivity contribution in [3.05, 3.63) is 53.5 Å². The Morgan fingerprint density at radius 3 is 2.79 bits per heavy atom. The van der Waals surface area contributed by atoms with E-state index in [9.17, 15) is 14.0 Å². The van der Waals surface area contributed by atoms with Gasteiger partial charge in [0.1, 0.15) is 5.76 Å². The van der Waals surface area contributed by atoms with E-state index in [0.717, 1.165) is 6.20 Å². The van der Waals surface area contributed by atoms with Gasteiger partial charge in [0.15, 0.2) is 5.82 Å². The van der Waals surface area contributed by atoms with Crippen LogP contribution in [0.15, 0.2) is 35.0 Å². The highest BCUT2D eigenvalue weighted by Gasteiger charge is 2.13. The predicted octanol–water partition coefficient (Wildman–Crippen LogP) is 1.44. The second-order valence-corrected chi connectivity index (χ2v) is 3.61. The SMILES string of the molecule is O=C(O)c1ccc(CNC(=O)c2ccncc2F)o1. The van der Waals surface area contributed by atoms with Crippen LogP contribution >= 0.6 is 0 Å². The number of nitrogens with one attached hydrogen (secondary N) is 1. The molecule has 0 radical (unpaired) electrons. The van der Waals surface area contributed by atoms with E-state index in [2.05, 4.69) is 10.3 Å². The number of carbonyl (C=O) groups is 2. The third-order valence-corrected chi connectivity index (χ3v) is 2.31. The van der Waals surface area contributed by atoms with Gasteiger partial charge >= 0.3 is 5.97 Å². The molecule has 2 heterocycles. The molecule has 98 valence electrons. The first kappa shape index (κ1) is 12.7. The largest absolute Gasteiger partial charge is 0.475 e. The number of rotatable bonds is 4. The Balaban J connectivity index is 2.00. The smallest absolute Gasteiger partial charge is 0.371 e. The number of carboxylic acids is 1. The molecule has 19 heavy (non-hydrogen) atoms. The molecule has 2 rings (SSSR count). The summed E-state index contributed by atoms with van der Waals surface area (Å²) in [4.78, 5) is 25.8. The van der Waals surface area contributed by atoms with Gasteiger partial charge in [-0.15, -0.1) is 0 Å². The monoisotopic (exact) mass is 264 g/mol. The van der Waals surface area contributed by atoms with Crippen molar-refractivity contribution in [1.29, 1.82) is 0 Å². The Morgan fingerprint density at radius 1 is 1.37 bits per heavy atom. The number of nitrogens with zero attached hydrogens (tertiary/aromatic N) is 1. The number of aromatic nitrogens is 1. The van der Waals surface area contributed by atoms with Gasteiger partial charge in [-0.3, -0.25) is 9.78 Å². The summed E-state index contributed by atoms with van der Waals surface area (Å²) in [5, 5.41) is 11.1. The van der Waals surface area contributed by atoms with Crippen molar-refractivity contribution < 1.29 is 23.5 Å². The lowest BCUT2D eigenvalue weighted by atomic mass is 10.2. The number of carbonyl (C=O) groups excluding carboxylic acids is 1. The van der Waals surface area contributed by atoms with Crippen molar-refractivity contribution in [2.75, 3.05) is 0 Å². The van der Waals surface area contributed by atoms with Gasteiger partial charge in [-0.1, -0.05) is 0 Å². The molecule has 0 spiro atoms. The molecule has 0 aliphatic carbocycles. The molecule has 0 aromatic carbocycles. The number of hydrogen-bond donors (Lipinski definition) is 2. The van der Waals surface area contributed by atoms with E-state index in [1.165, 1.54) is 24.4 Å². The van der Waals surface area contributed by atoms with Gasteiger partial charge in [0.05, 0.1) is 18.3 Å². The first-order chi connectivity index (χ1) is 9.08. The van der Waals surface area contributed by atoms with Crippen LogP contribution in [0.5, 0.6) is 0 Å². The number of aromatic carboxylic acids is 1. The normalized spacial score (nSPS) is 10.2. The van der Waals surface area contributed by atoms with Crippen LogP contribution in [0.3, 0.4) is 0 Å². The van der Waals surface area contributed by atoms with Crippen LogP contribution < -0.4 is 5.32 Å². The molecule has 0 aliphatic heterocycles. The topological polar surface area (TPSA) is 92.4 Å². The van der Waals surface area contributed by atoms with E-state index in [1.807, 2.05) is 0 Å². The molecule has 0 saturated heterocycles. The summed E-state index contributed by atoms with van der Waals surface area (Å²) in [5.74, 6) is -2.52. The van der Waals surface area contributed by atoms with Crippen molar-refractivity contribution in [1.82, 2.24) is 10.3 Å². The Morgan fingerprint density at radius 2 is 2.16 bits per heavy atom. The molecule has 2 aromatic heterocycles. The Labute approximate surface area is 106 Å². The molecule has 0 bridgehead atoms. The zero-order valence-electron chi connectivity index (χ0n) is 9.59. The number of carboxylic acid groups (broad SMARTS) is 1. The van der Waals surface area contributed by atoms with Crippen LogP contribution in [0.2, 0.25) is 0 Å². The van der Waals surface area contributed by atoms with Gasteiger partial charge in [-0.05, 0) is 18.2 Å². The number of amides is 1. The zero-order valence-corrected chi connectivity index (χ0v) is 9.59. The van der Waals surface area contributed by atoms with E-state index in [1.54, 1.807) is 0 Å². The maximum atomic E-state index is 13.3. The number of furan rings is 1. The third kappa shape index (κ3) is 2.95. The molecule has 2 aromatic rings. The van der Waals surface area contributed by atoms with Crippen molar-refractivity contribution in [3.8, 4) is 0 Å². The Hall–Kier alpha value is -2.70. The average Bonchev–Trinajstić information content (AvgIpc) is 2.85. The highest BCUT2D eigenvalue weighted by Crippen LogP contribution is 2.09. The van der Waals surface area contributed by atoms with E-state index < -0.39 is 17.7 Å². The van der Waals surface area contributed by atoms with E-state index in [-0.39, 0.29) is 23.6 Å². The summed E-state index contributed by atoms with van der Waals surface area (Å²) in [7, 11) is 0. The molecule has 0 unspecified atom stereocenters. The molecule has 0 aliphatic rings. The molecule has 6 nitrogen and oxygen atoms in total. The molecular weight excluding hydrogens is 255 g/mol. The summed E-state index contributed by atoms with van der Waals surface area (Å²) in [6.45, 7) is -0.0339. The molecular formula is C12H9FN2O4. The summed E-state index contributed by atoms with van der Waals surface area (Å²) < 4.78 is 18.2. The molecule has 0 saturated carbocycles. The minimum absolute atomic E-state index is 0.0339. The van der Waals surface area contributed by atoms with Gasteiger partial charge < -0.3 is 14.8 Å². The van der Waals surface area contributed by atoms with Gasteiger partial charge in [-0.2, -0.15) is 0 Å².